The Bertz CT molecular complexity index is 506. The van der Waals surface area contributed by atoms with Crippen LogP contribution < -0.4 is 5.32 Å². The number of nitrogens with zero attached hydrogens (tertiary/aromatic N) is 2. The lowest BCUT2D eigenvalue weighted by Crippen LogP contribution is -2.41. The van der Waals surface area contributed by atoms with Gasteiger partial charge in [-0.2, -0.15) is 5.26 Å². The molecule has 2 fully saturated rings. The lowest BCUT2D eigenvalue weighted by atomic mass is 9.89. The molecule has 1 spiro atoms. The second-order valence-electron chi connectivity index (χ2n) is 5.50. The molecule has 1 aromatic heterocycles. The molecule has 106 valence electrons. The van der Waals surface area contributed by atoms with Crippen LogP contribution in [0.1, 0.15) is 30.5 Å². The Morgan fingerprint density at radius 3 is 3.15 bits per heavy atom. The van der Waals surface area contributed by atoms with Gasteiger partial charge in [0.25, 0.3) is 0 Å². The zero-order valence-electron chi connectivity index (χ0n) is 11.5. The summed E-state index contributed by atoms with van der Waals surface area (Å²) in [7, 11) is 0. The Labute approximate surface area is 118 Å². The molecular formula is C15H19N3O2. The molecule has 0 radical (unpaired) electrons. The van der Waals surface area contributed by atoms with E-state index in [0.29, 0.717) is 18.9 Å². The second-order valence-corrected chi connectivity index (χ2v) is 5.50. The molecule has 2 aliphatic heterocycles. The van der Waals surface area contributed by atoms with Crippen LogP contribution in [0, 0.1) is 11.3 Å². The van der Waals surface area contributed by atoms with Crippen LogP contribution in [0.4, 0.5) is 0 Å². The molecule has 2 aliphatic rings. The smallest absolute Gasteiger partial charge is 0.145 e. The topological polar surface area (TPSA) is 67.2 Å². The molecule has 0 saturated carbocycles. The van der Waals surface area contributed by atoms with Crippen molar-refractivity contribution in [3.63, 3.8) is 0 Å². The van der Waals surface area contributed by atoms with Crippen LogP contribution >= 0.6 is 0 Å². The normalized spacial score (nSPS) is 24.6. The first-order valence-corrected chi connectivity index (χ1v) is 7.12. The monoisotopic (exact) mass is 273 g/mol. The number of nitrogens with one attached hydrogen (secondary N) is 1. The molecule has 3 heterocycles. The lowest BCUT2D eigenvalue weighted by molar-refractivity contribution is -0.0241. The summed E-state index contributed by atoms with van der Waals surface area (Å²) in [6.45, 7) is 3.13. The summed E-state index contributed by atoms with van der Waals surface area (Å²) in [5.74, 6) is 0. The van der Waals surface area contributed by atoms with Crippen molar-refractivity contribution in [2.75, 3.05) is 19.7 Å². The van der Waals surface area contributed by atoms with Gasteiger partial charge < -0.3 is 14.8 Å². The van der Waals surface area contributed by atoms with Crippen LogP contribution in [0.25, 0.3) is 0 Å². The van der Waals surface area contributed by atoms with Crippen LogP contribution in [0.5, 0.6) is 0 Å². The summed E-state index contributed by atoms with van der Waals surface area (Å²) >= 11 is 0. The molecule has 1 N–H and O–H groups in total. The van der Waals surface area contributed by atoms with Gasteiger partial charge >= 0.3 is 0 Å². The Morgan fingerprint density at radius 1 is 1.50 bits per heavy atom. The third-order valence-electron chi connectivity index (χ3n) is 4.16. The van der Waals surface area contributed by atoms with E-state index in [0.717, 1.165) is 37.9 Å². The minimum Gasteiger partial charge on any atom is -0.372 e. The Hall–Kier alpha value is -1.48. The number of piperidine rings is 1. The van der Waals surface area contributed by atoms with E-state index in [1.165, 1.54) is 0 Å². The Kier molecular flexibility index (Phi) is 3.97. The third kappa shape index (κ3) is 2.83. The van der Waals surface area contributed by atoms with E-state index >= 15 is 0 Å². The van der Waals surface area contributed by atoms with Crippen LogP contribution in [-0.4, -0.2) is 36.4 Å². The number of hydrogen-bond donors (Lipinski definition) is 1. The maximum absolute atomic E-state index is 9.01. The highest BCUT2D eigenvalue weighted by atomic mass is 16.6. The fraction of sp³-hybridized carbons (Fsp3) is 0.600. The average Bonchev–Trinajstić information content (AvgIpc) is 2.89. The molecule has 1 unspecified atom stereocenters. The van der Waals surface area contributed by atoms with E-state index in [1.807, 2.05) is 12.1 Å². The van der Waals surface area contributed by atoms with Gasteiger partial charge in [-0.05, 0) is 32.0 Å². The number of rotatable bonds is 3. The predicted molar refractivity (Wildman–Crippen MR) is 72.9 cm³/mol. The van der Waals surface area contributed by atoms with Gasteiger partial charge in [0.2, 0.25) is 0 Å². The Balaban J connectivity index is 1.56. The predicted octanol–water partition coefficient (Wildman–Crippen LogP) is 1.38. The van der Waals surface area contributed by atoms with Gasteiger partial charge in [0.15, 0.2) is 0 Å². The average molecular weight is 273 g/mol. The maximum atomic E-state index is 9.01. The number of pyridine rings is 1. The van der Waals surface area contributed by atoms with Crippen molar-refractivity contribution < 1.29 is 9.47 Å². The highest BCUT2D eigenvalue weighted by molar-refractivity contribution is 5.29. The van der Waals surface area contributed by atoms with E-state index in [2.05, 4.69) is 16.4 Å². The van der Waals surface area contributed by atoms with Gasteiger partial charge in [-0.3, -0.25) is 0 Å². The molecule has 0 aliphatic carbocycles. The van der Waals surface area contributed by atoms with Crippen LogP contribution in [0.2, 0.25) is 0 Å². The highest BCUT2D eigenvalue weighted by Crippen LogP contribution is 2.35. The molecule has 5 heteroatoms. The summed E-state index contributed by atoms with van der Waals surface area (Å²) in [4.78, 5) is 4.05. The molecular weight excluding hydrogens is 254 g/mol. The van der Waals surface area contributed by atoms with Crippen molar-refractivity contribution in [1.82, 2.24) is 10.3 Å². The van der Waals surface area contributed by atoms with Crippen LogP contribution in [0.3, 0.4) is 0 Å². The summed E-state index contributed by atoms with van der Waals surface area (Å²) < 4.78 is 11.9. The molecule has 20 heavy (non-hydrogen) atoms. The summed E-state index contributed by atoms with van der Waals surface area (Å²) in [5, 5.41) is 12.4. The van der Waals surface area contributed by atoms with Gasteiger partial charge in [0.05, 0.1) is 24.9 Å². The SMILES string of the molecule is N#Cc1ncccc1COC1COC2(CCNCC2)C1. The summed E-state index contributed by atoms with van der Waals surface area (Å²) in [5.41, 5.74) is 1.31. The zero-order chi connectivity index (χ0) is 13.8. The van der Waals surface area contributed by atoms with Gasteiger partial charge in [0, 0.05) is 18.2 Å². The summed E-state index contributed by atoms with van der Waals surface area (Å²) in [6, 6.07) is 5.82. The quantitative estimate of drug-likeness (QED) is 0.901. The number of hydrogen-bond acceptors (Lipinski definition) is 5. The number of nitriles is 1. The van der Waals surface area contributed by atoms with E-state index in [1.54, 1.807) is 6.20 Å². The van der Waals surface area contributed by atoms with E-state index in [4.69, 9.17) is 14.7 Å². The van der Waals surface area contributed by atoms with Crippen LogP contribution in [0.15, 0.2) is 18.3 Å². The van der Waals surface area contributed by atoms with Gasteiger partial charge in [-0.15, -0.1) is 0 Å². The largest absolute Gasteiger partial charge is 0.372 e. The van der Waals surface area contributed by atoms with Gasteiger partial charge in [-0.25, -0.2) is 4.98 Å². The zero-order valence-corrected chi connectivity index (χ0v) is 11.5. The van der Waals surface area contributed by atoms with E-state index < -0.39 is 0 Å². The fourth-order valence-corrected chi connectivity index (χ4v) is 3.00. The standard InChI is InChI=1S/C15H19N3O2/c16-9-14-12(2-1-5-18-14)10-19-13-8-15(20-11-13)3-6-17-7-4-15/h1-2,5,13,17H,3-4,6-8,10-11H2. The first-order valence-electron chi connectivity index (χ1n) is 7.12. The van der Waals surface area contributed by atoms with Crippen molar-refractivity contribution in [2.45, 2.75) is 37.6 Å². The summed E-state index contributed by atoms with van der Waals surface area (Å²) in [6.07, 6.45) is 4.83. The van der Waals surface area contributed by atoms with Gasteiger partial charge in [0.1, 0.15) is 11.8 Å². The molecule has 0 bridgehead atoms. The minimum atomic E-state index is 0.0168. The van der Waals surface area contributed by atoms with Crippen molar-refractivity contribution in [3.05, 3.63) is 29.6 Å². The number of aromatic nitrogens is 1. The van der Waals surface area contributed by atoms with E-state index in [-0.39, 0.29) is 11.7 Å². The fourth-order valence-electron chi connectivity index (χ4n) is 3.00. The van der Waals surface area contributed by atoms with Crippen molar-refractivity contribution in [3.8, 4) is 6.07 Å². The molecule has 1 aromatic rings. The molecule has 2 saturated heterocycles. The first kappa shape index (κ1) is 13.5. The molecule has 3 rings (SSSR count). The van der Waals surface area contributed by atoms with Crippen molar-refractivity contribution in [1.29, 1.82) is 5.26 Å². The first-order chi connectivity index (χ1) is 9.81. The van der Waals surface area contributed by atoms with Crippen LogP contribution in [-0.2, 0) is 16.1 Å². The highest BCUT2D eigenvalue weighted by Gasteiger charge is 2.41. The van der Waals surface area contributed by atoms with E-state index in [9.17, 15) is 0 Å². The maximum Gasteiger partial charge on any atom is 0.145 e. The lowest BCUT2D eigenvalue weighted by Gasteiger charge is -2.32. The second kappa shape index (κ2) is 5.88. The van der Waals surface area contributed by atoms with Crippen molar-refractivity contribution >= 4 is 0 Å². The molecule has 0 amide bonds. The molecule has 5 nitrogen and oxygen atoms in total. The molecule has 0 aromatic carbocycles. The van der Waals surface area contributed by atoms with Crippen molar-refractivity contribution in [2.24, 2.45) is 0 Å². The Morgan fingerprint density at radius 2 is 2.35 bits per heavy atom. The molecule has 1 atom stereocenters. The van der Waals surface area contributed by atoms with Gasteiger partial charge in [-0.1, -0.05) is 6.07 Å². The third-order valence-corrected chi connectivity index (χ3v) is 4.16. The minimum absolute atomic E-state index is 0.0168. The number of ether oxygens (including phenoxy) is 2.